The van der Waals surface area contributed by atoms with Gasteiger partial charge in [-0.3, -0.25) is 4.79 Å². The Balaban J connectivity index is 1.11. The fourth-order valence-electron chi connectivity index (χ4n) is 3.98. The second kappa shape index (κ2) is 11.3. The molecule has 0 radical (unpaired) electrons. The molecule has 1 aromatic heterocycles. The summed E-state index contributed by atoms with van der Waals surface area (Å²) >= 11 is 0. The predicted molar refractivity (Wildman–Crippen MR) is 124 cm³/mol. The summed E-state index contributed by atoms with van der Waals surface area (Å²) in [4.78, 5) is 38.5. The van der Waals surface area contributed by atoms with Crippen molar-refractivity contribution in [1.82, 2.24) is 15.6 Å². The van der Waals surface area contributed by atoms with Crippen molar-refractivity contribution in [3.63, 3.8) is 0 Å². The first-order valence-corrected chi connectivity index (χ1v) is 11.1. The van der Waals surface area contributed by atoms with Crippen LogP contribution < -0.4 is 10.6 Å². The maximum absolute atomic E-state index is 12.1. The van der Waals surface area contributed by atoms with Crippen molar-refractivity contribution in [2.75, 3.05) is 26.4 Å². The zero-order valence-corrected chi connectivity index (χ0v) is 18.9. The molecular weight excluding hydrogens is 454 g/mol. The summed E-state index contributed by atoms with van der Waals surface area (Å²) in [5, 5.41) is 14.1. The van der Waals surface area contributed by atoms with Crippen LogP contribution in [0.2, 0.25) is 0 Å². The number of carboxylic acids is 1. The summed E-state index contributed by atoms with van der Waals surface area (Å²) in [7, 11) is 0. The predicted octanol–water partition coefficient (Wildman–Crippen LogP) is 2.93. The number of nitrogens with one attached hydrogen (secondary N) is 2. The van der Waals surface area contributed by atoms with E-state index >= 15 is 0 Å². The molecule has 4 rings (SSSR count). The lowest BCUT2D eigenvalue weighted by Crippen LogP contribution is -2.30. The number of carbonyl (C=O) groups excluding carboxylic acids is 2. The van der Waals surface area contributed by atoms with Crippen molar-refractivity contribution in [1.29, 1.82) is 0 Å². The van der Waals surface area contributed by atoms with Gasteiger partial charge in [0.1, 0.15) is 6.61 Å². The average Bonchev–Trinajstić information content (AvgIpc) is 3.46. The SMILES string of the molecule is O=C(CCOCCNC(=O)OCC1c2ccccc2-c2ccccc21)NCc1ocnc1C(=O)O. The van der Waals surface area contributed by atoms with Crippen molar-refractivity contribution < 1.29 is 33.4 Å². The third-order valence-corrected chi connectivity index (χ3v) is 5.62. The number of hydrogen-bond acceptors (Lipinski definition) is 7. The molecule has 0 spiro atoms. The van der Waals surface area contributed by atoms with Gasteiger partial charge in [0.15, 0.2) is 17.8 Å². The molecule has 3 aromatic rings. The molecule has 0 fully saturated rings. The molecule has 182 valence electrons. The van der Waals surface area contributed by atoms with E-state index in [0.29, 0.717) is 0 Å². The molecule has 0 atom stereocenters. The summed E-state index contributed by atoms with van der Waals surface area (Å²) in [6.07, 6.45) is 0.550. The number of oxazole rings is 1. The highest BCUT2D eigenvalue weighted by molar-refractivity contribution is 5.86. The second-order valence-corrected chi connectivity index (χ2v) is 7.82. The van der Waals surface area contributed by atoms with Crippen molar-refractivity contribution in [2.24, 2.45) is 0 Å². The lowest BCUT2D eigenvalue weighted by atomic mass is 9.98. The number of alkyl carbamates (subject to hydrolysis) is 1. The van der Waals surface area contributed by atoms with Crippen molar-refractivity contribution in [2.45, 2.75) is 18.9 Å². The van der Waals surface area contributed by atoms with Crippen LogP contribution in [0.3, 0.4) is 0 Å². The average molecular weight is 479 g/mol. The molecule has 0 saturated heterocycles. The van der Waals surface area contributed by atoms with E-state index in [1.54, 1.807) is 0 Å². The van der Waals surface area contributed by atoms with Gasteiger partial charge in [0.05, 0.1) is 19.8 Å². The normalized spacial score (nSPS) is 12.0. The van der Waals surface area contributed by atoms with E-state index in [-0.39, 0.29) is 62.6 Å². The van der Waals surface area contributed by atoms with Gasteiger partial charge in [-0.2, -0.15) is 0 Å². The number of fused-ring (bicyclic) bond motifs is 3. The number of hydrogen-bond donors (Lipinski definition) is 3. The van der Waals surface area contributed by atoms with Crippen LogP contribution in [0, 0.1) is 0 Å². The number of aromatic nitrogens is 1. The van der Waals surface area contributed by atoms with Gasteiger partial charge in [-0.05, 0) is 22.3 Å². The van der Waals surface area contributed by atoms with Gasteiger partial charge in [-0.25, -0.2) is 14.6 Å². The zero-order chi connectivity index (χ0) is 24.6. The fraction of sp³-hybridized carbons (Fsp3) is 0.280. The first-order valence-electron chi connectivity index (χ1n) is 11.1. The third-order valence-electron chi connectivity index (χ3n) is 5.62. The Bertz CT molecular complexity index is 1160. The number of carbonyl (C=O) groups is 3. The van der Waals surface area contributed by atoms with Crippen LogP contribution in [-0.2, 0) is 20.8 Å². The fourth-order valence-corrected chi connectivity index (χ4v) is 3.98. The Hall–Kier alpha value is -4.18. The van der Waals surface area contributed by atoms with Gasteiger partial charge in [0.25, 0.3) is 0 Å². The van der Waals surface area contributed by atoms with Gasteiger partial charge in [-0.1, -0.05) is 48.5 Å². The van der Waals surface area contributed by atoms with E-state index in [9.17, 15) is 14.4 Å². The minimum atomic E-state index is -1.23. The minimum Gasteiger partial charge on any atom is -0.476 e. The summed E-state index contributed by atoms with van der Waals surface area (Å²) < 4.78 is 15.8. The molecule has 1 heterocycles. The molecule has 35 heavy (non-hydrogen) atoms. The van der Waals surface area contributed by atoms with Crippen LogP contribution in [-0.4, -0.2) is 54.4 Å². The molecule has 1 aliphatic rings. The molecule has 0 unspecified atom stereocenters. The van der Waals surface area contributed by atoms with E-state index in [1.165, 1.54) is 0 Å². The molecule has 2 amide bonds. The highest BCUT2D eigenvalue weighted by Crippen LogP contribution is 2.44. The highest BCUT2D eigenvalue weighted by atomic mass is 16.5. The number of amides is 2. The molecule has 0 bridgehead atoms. The Kier molecular flexibility index (Phi) is 7.74. The van der Waals surface area contributed by atoms with Crippen molar-refractivity contribution in [3.8, 4) is 11.1 Å². The van der Waals surface area contributed by atoms with Gasteiger partial charge in [0, 0.05) is 18.9 Å². The maximum atomic E-state index is 12.1. The van der Waals surface area contributed by atoms with Gasteiger partial charge in [-0.15, -0.1) is 0 Å². The Morgan fingerprint density at radius 3 is 2.34 bits per heavy atom. The van der Waals surface area contributed by atoms with Gasteiger partial charge < -0.3 is 29.6 Å². The highest BCUT2D eigenvalue weighted by Gasteiger charge is 2.28. The minimum absolute atomic E-state index is 0.00792. The maximum Gasteiger partial charge on any atom is 0.407 e. The monoisotopic (exact) mass is 479 g/mol. The number of aromatic carboxylic acids is 1. The van der Waals surface area contributed by atoms with Crippen LogP contribution in [0.5, 0.6) is 0 Å². The molecule has 1 aliphatic carbocycles. The number of ether oxygens (including phenoxy) is 2. The zero-order valence-electron chi connectivity index (χ0n) is 18.9. The summed E-state index contributed by atoms with van der Waals surface area (Å²) in [5.41, 5.74) is 4.38. The van der Waals surface area contributed by atoms with Crippen LogP contribution in [0.1, 0.15) is 39.7 Å². The summed E-state index contributed by atoms with van der Waals surface area (Å²) in [6, 6.07) is 16.2. The van der Waals surface area contributed by atoms with Crippen molar-refractivity contribution in [3.05, 3.63) is 77.5 Å². The number of benzene rings is 2. The van der Waals surface area contributed by atoms with E-state index in [2.05, 4.69) is 39.9 Å². The third kappa shape index (κ3) is 5.85. The first kappa shape index (κ1) is 24.0. The topological polar surface area (TPSA) is 140 Å². The molecule has 10 nitrogen and oxygen atoms in total. The smallest absolute Gasteiger partial charge is 0.407 e. The van der Waals surface area contributed by atoms with Crippen molar-refractivity contribution >= 4 is 18.0 Å². The van der Waals surface area contributed by atoms with E-state index in [4.69, 9.17) is 19.0 Å². The van der Waals surface area contributed by atoms with E-state index in [1.807, 2.05) is 24.3 Å². The molecule has 0 saturated carbocycles. The largest absolute Gasteiger partial charge is 0.476 e. The number of carboxylic acid groups (broad SMARTS) is 1. The standard InChI is InChI=1S/C25H25N3O7/c29-22(27-13-21-23(24(30)31)28-15-35-21)9-11-33-12-10-26-25(32)34-14-20-18-7-3-1-5-16(18)17-6-2-4-8-19(17)20/h1-8,15,20H,9-14H2,(H,26,32)(H,27,29)(H,30,31). The summed E-state index contributed by atoms with van der Waals surface area (Å²) in [5.74, 6) is -1.50. The molecule has 0 aliphatic heterocycles. The Labute approximate surface area is 201 Å². The van der Waals surface area contributed by atoms with E-state index < -0.39 is 12.1 Å². The van der Waals surface area contributed by atoms with Crippen LogP contribution in [0.25, 0.3) is 11.1 Å². The second-order valence-electron chi connectivity index (χ2n) is 7.82. The lowest BCUT2D eigenvalue weighted by Gasteiger charge is -2.14. The van der Waals surface area contributed by atoms with Gasteiger partial charge in [0.2, 0.25) is 5.91 Å². The number of nitrogens with zero attached hydrogens (tertiary/aromatic N) is 1. The summed E-state index contributed by atoms with van der Waals surface area (Å²) in [6.45, 7) is 0.737. The Morgan fingerprint density at radius 2 is 1.66 bits per heavy atom. The molecule has 2 aromatic carbocycles. The van der Waals surface area contributed by atoms with E-state index in [0.717, 1.165) is 28.6 Å². The molecule has 3 N–H and O–H groups in total. The lowest BCUT2D eigenvalue weighted by molar-refractivity contribution is -0.122. The molecule has 10 heteroatoms. The first-order chi connectivity index (χ1) is 17.0. The van der Waals surface area contributed by atoms with Crippen LogP contribution in [0.15, 0.2) is 59.3 Å². The van der Waals surface area contributed by atoms with Gasteiger partial charge >= 0.3 is 12.1 Å². The number of rotatable bonds is 11. The van der Waals surface area contributed by atoms with Crippen LogP contribution in [0.4, 0.5) is 4.79 Å². The molecular formula is C25H25N3O7. The van der Waals surface area contributed by atoms with Crippen LogP contribution >= 0.6 is 0 Å². The quantitative estimate of drug-likeness (QED) is 0.357. The Morgan fingerprint density at radius 1 is 0.971 bits per heavy atom.